The lowest BCUT2D eigenvalue weighted by atomic mass is 9.95. The maximum atomic E-state index is 4.60. The molecule has 3 rings (SSSR count). The van der Waals surface area contributed by atoms with Crippen molar-refractivity contribution in [3.63, 3.8) is 0 Å². The molecule has 86 valence electrons. The fourth-order valence-electron chi connectivity index (χ4n) is 2.63. The van der Waals surface area contributed by atoms with E-state index in [1.165, 1.54) is 37.8 Å². The molecule has 2 aliphatic rings. The summed E-state index contributed by atoms with van der Waals surface area (Å²) < 4.78 is 0. The SMILES string of the molecule is Cc1cnc(N2CCCC3(CC3)C2)nc1C. The zero-order valence-corrected chi connectivity index (χ0v) is 10.2. The summed E-state index contributed by atoms with van der Waals surface area (Å²) >= 11 is 0. The van der Waals surface area contributed by atoms with Crippen LogP contribution in [-0.2, 0) is 0 Å². The van der Waals surface area contributed by atoms with Crippen LogP contribution in [0.5, 0.6) is 0 Å². The molecule has 0 radical (unpaired) electrons. The van der Waals surface area contributed by atoms with Gasteiger partial charge in [-0.2, -0.15) is 0 Å². The summed E-state index contributed by atoms with van der Waals surface area (Å²) in [6.45, 7) is 6.44. The standard InChI is InChI=1S/C13H19N3/c1-10-8-14-12(15-11(10)2)16-7-3-4-13(9-16)5-6-13/h8H,3-7,9H2,1-2H3. The first-order valence-corrected chi connectivity index (χ1v) is 6.24. The van der Waals surface area contributed by atoms with E-state index < -0.39 is 0 Å². The molecule has 1 aliphatic carbocycles. The summed E-state index contributed by atoms with van der Waals surface area (Å²) in [6.07, 6.45) is 7.49. The lowest BCUT2D eigenvalue weighted by molar-refractivity contribution is 0.391. The van der Waals surface area contributed by atoms with Gasteiger partial charge in [0.1, 0.15) is 0 Å². The van der Waals surface area contributed by atoms with Crippen molar-refractivity contribution in [2.24, 2.45) is 5.41 Å². The molecule has 3 nitrogen and oxygen atoms in total. The molecule has 2 fully saturated rings. The van der Waals surface area contributed by atoms with Crippen LogP contribution in [0.25, 0.3) is 0 Å². The van der Waals surface area contributed by atoms with E-state index in [4.69, 9.17) is 0 Å². The number of piperidine rings is 1. The van der Waals surface area contributed by atoms with E-state index in [-0.39, 0.29) is 0 Å². The molecule has 0 bridgehead atoms. The number of aryl methyl sites for hydroxylation is 2. The van der Waals surface area contributed by atoms with E-state index >= 15 is 0 Å². The maximum absolute atomic E-state index is 4.60. The summed E-state index contributed by atoms with van der Waals surface area (Å²) in [4.78, 5) is 11.5. The molecule has 0 N–H and O–H groups in total. The van der Waals surface area contributed by atoms with E-state index in [2.05, 4.69) is 28.7 Å². The highest BCUT2D eigenvalue weighted by atomic mass is 15.3. The molecule has 1 aromatic heterocycles. The molecule has 16 heavy (non-hydrogen) atoms. The molecule has 1 aromatic rings. The molecule has 1 saturated heterocycles. The van der Waals surface area contributed by atoms with E-state index in [0.29, 0.717) is 5.41 Å². The summed E-state index contributed by atoms with van der Waals surface area (Å²) in [7, 11) is 0. The van der Waals surface area contributed by atoms with Crippen LogP contribution in [0.15, 0.2) is 6.20 Å². The van der Waals surface area contributed by atoms with Crippen LogP contribution in [0.1, 0.15) is 36.9 Å². The van der Waals surface area contributed by atoms with Gasteiger partial charge in [-0.15, -0.1) is 0 Å². The van der Waals surface area contributed by atoms with Gasteiger partial charge in [0.25, 0.3) is 0 Å². The minimum atomic E-state index is 0.639. The Hall–Kier alpha value is -1.12. The van der Waals surface area contributed by atoms with Gasteiger partial charge >= 0.3 is 0 Å². The molecule has 1 aliphatic heterocycles. The predicted octanol–water partition coefficient (Wildman–Crippen LogP) is 2.47. The molecule has 0 unspecified atom stereocenters. The summed E-state index contributed by atoms with van der Waals surface area (Å²) in [5.74, 6) is 0.939. The van der Waals surface area contributed by atoms with Crippen molar-refractivity contribution in [3.05, 3.63) is 17.5 Å². The second kappa shape index (κ2) is 3.44. The van der Waals surface area contributed by atoms with Gasteiger partial charge in [-0.1, -0.05) is 0 Å². The zero-order chi connectivity index (χ0) is 11.2. The van der Waals surface area contributed by atoms with Gasteiger partial charge in [0.05, 0.1) is 0 Å². The van der Waals surface area contributed by atoms with Crippen molar-refractivity contribution >= 4 is 5.95 Å². The average molecular weight is 217 g/mol. The van der Waals surface area contributed by atoms with E-state index in [1.54, 1.807) is 0 Å². The Labute approximate surface area is 96.9 Å². The Kier molecular flexibility index (Phi) is 2.16. The van der Waals surface area contributed by atoms with E-state index in [9.17, 15) is 0 Å². The maximum Gasteiger partial charge on any atom is 0.225 e. The van der Waals surface area contributed by atoms with Crippen LogP contribution in [0.4, 0.5) is 5.95 Å². The van der Waals surface area contributed by atoms with Crippen LogP contribution < -0.4 is 4.90 Å². The third-order valence-electron chi connectivity index (χ3n) is 4.11. The second-order valence-corrected chi connectivity index (χ2v) is 5.46. The quantitative estimate of drug-likeness (QED) is 0.723. The minimum Gasteiger partial charge on any atom is -0.340 e. The van der Waals surface area contributed by atoms with Crippen molar-refractivity contribution < 1.29 is 0 Å². The van der Waals surface area contributed by atoms with Gasteiger partial charge in [-0.25, -0.2) is 9.97 Å². The van der Waals surface area contributed by atoms with Crippen molar-refractivity contribution in [1.82, 2.24) is 9.97 Å². The molecule has 1 saturated carbocycles. The smallest absolute Gasteiger partial charge is 0.225 e. The molecule has 0 aromatic carbocycles. The van der Waals surface area contributed by atoms with Crippen LogP contribution in [0.2, 0.25) is 0 Å². The Morgan fingerprint density at radius 2 is 2.06 bits per heavy atom. The number of hydrogen-bond donors (Lipinski definition) is 0. The van der Waals surface area contributed by atoms with Gasteiger partial charge in [0, 0.05) is 25.0 Å². The molecule has 3 heteroatoms. The lowest BCUT2D eigenvalue weighted by Crippen LogP contribution is -2.37. The largest absolute Gasteiger partial charge is 0.340 e. The van der Waals surface area contributed by atoms with Gasteiger partial charge < -0.3 is 4.90 Å². The predicted molar refractivity (Wildman–Crippen MR) is 64.6 cm³/mol. The monoisotopic (exact) mass is 217 g/mol. The van der Waals surface area contributed by atoms with Gasteiger partial charge in [-0.3, -0.25) is 0 Å². The highest BCUT2D eigenvalue weighted by molar-refractivity contribution is 5.34. The van der Waals surface area contributed by atoms with Crippen LogP contribution in [-0.4, -0.2) is 23.1 Å². The Morgan fingerprint density at radius 1 is 1.25 bits per heavy atom. The number of nitrogens with zero attached hydrogens (tertiary/aromatic N) is 3. The summed E-state index contributed by atoms with van der Waals surface area (Å²) in [6, 6.07) is 0. The van der Waals surface area contributed by atoms with E-state index in [0.717, 1.165) is 18.2 Å². The number of anilines is 1. The fourth-order valence-corrected chi connectivity index (χ4v) is 2.63. The van der Waals surface area contributed by atoms with Gasteiger partial charge in [0.15, 0.2) is 0 Å². The first-order valence-electron chi connectivity index (χ1n) is 6.24. The molecular formula is C13H19N3. The molecule has 2 heterocycles. The first-order chi connectivity index (χ1) is 7.69. The minimum absolute atomic E-state index is 0.639. The summed E-state index contributed by atoms with van der Waals surface area (Å²) in [5, 5.41) is 0. The molecular weight excluding hydrogens is 198 g/mol. The molecule has 0 atom stereocenters. The topological polar surface area (TPSA) is 29.0 Å². The van der Waals surface area contributed by atoms with Crippen molar-refractivity contribution in [3.8, 4) is 0 Å². The molecule has 1 spiro atoms. The van der Waals surface area contributed by atoms with Crippen molar-refractivity contribution in [2.75, 3.05) is 18.0 Å². The average Bonchev–Trinajstić information content (AvgIpc) is 3.02. The van der Waals surface area contributed by atoms with Crippen LogP contribution >= 0.6 is 0 Å². The highest BCUT2D eigenvalue weighted by Gasteiger charge is 2.45. The Balaban J connectivity index is 1.83. The van der Waals surface area contributed by atoms with Gasteiger partial charge in [0.2, 0.25) is 5.95 Å². The van der Waals surface area contributed by atoms with Crippen LogP contribution in [0.3, 0.4) is 0 Å². The fraction of sp³-hybridized carbons (Fsp3) is 0.692. The molecule has 0 amide bonds. The van der Waals surface area contributed by atoms with Crippen LogP contribution in [0, 0.1) is 19.3 Å². The van der Waals surface area contributed by atoms with Crippen molar-refractivity contribution in [1.29, 1.82) is 0 Å². The normalized spacial score (nSPS) is 22.5. The van der Waals surface area contributed by atoms with Gasteiger partial charge in [-0.05, 0) is 50.5 Å². The number of hydrogen-bond acceptors (Lipinski definition) is 3. The third-order valence-corrected chi connectivity index (χ3v) is 4.11. The lowest BCUT2D eigenvalue weighted by Gasteiger charge is -2.33. The first kappa shape index (κ1) is 10.1. The Morgan fingerprint density at radius 3 is 2.75 bits per heavy atom. The van der Waals surface area contributed by atoms with Crippen molar-refractivity contribution in [2.45, 2.75) is 39.5 Å². The third kappa shape index (κ3) is 1.68. The number of rotatable bonds is 1. The highest BCUT2D eigenvalue weighted by Crippen LogP contribution is 2.52. The van der Waals surface area contributed by atoms with E-state index in [1.807, 2.05) is 6.20 Å². The Bertz CT molecular complexity index is 410. The second-order valence-electron chi connectivity index (χ2n) is 5.46. The summed E-state index contributed by atoms with van der Waals surface area (Å²) in [5.41, 5.74) is 2.93. The number of aromatic nitrogens is 2. The zero-order valence-electron chi connectivity index (χ0n) is 10.2.